The van der Waals surface area contributed by atoms with Gasteiger partial charge in [-0.15, -0.1) is 0 Å². The fourth-order valence-corrected chi connectivity index (χ4v) is 1.38. The number of nitro groups is 1. The molecule has 1 aromatic rings. The topological polar surface area (TPSA) is 52.4 Å². The molecule has 0 aromatic heterocycles. The van der Waals surface area contributed by atoms with E-state index in [-0.39, 0.29) is 11.6 Å². The van der Waals surface area contributed by atoms with Crippen LogP contribution in [-0.2, 0) is 0 Å². The number of benzene rings is 1. The highest BCUT2D eigenvalue weighted by molar-refractivity contribution is 5.53. The van der Waals surface area contributed by atoms with E-state index in [9.17, 15) is 10.1 Å². The molecule has 0 spiro atoms. The first-order valence-electron chi connectivity index (χ1n) is 4.81. The Morgan fingerprint density at radius 3 is 2.73 bits per heavy atom. The van der Waals surface area contributed by atoms with Crippen LogP contribution < -0.4 is 4.74 Å². The smallest absolute Gasteiger partial charge is 0.311 e. The van der Waals surface area contributed by atoms with E-state index < -0.39 is 4.92 Å². The molecule has 0 aliphatic heterocycles. The third-order valence-electron chi connectivity index (χ3n) is 2.04. The van der Waals surface area contributed by atoms with E-state index in [0.717, 1.165) is 5.56 Å². The van der Waals surface area contributed by atoms with E-state index in [1.807, 2.05) is 6.92 Å². The summed E-state index contributed by atoms with van der Waals surface area (Å²) in [4.78, 5) is 10.3. The Hall–Kier alpha value is -1.58. The van der Waals surface area contributed by atoms with Gasteiger partial charge in [0.2, 0.25) is 5.75 Å². The summed E-state index contributed by atoms with van der Waals surface area (Å²) in [5.41, 5.74) is 0.774. The van der Waals surface area contributed by atoms with Gasteiger partial charge in [-0.2, -0.15) is 0 Å². The van der Waals surface area contributed by atoms with Crippen molar-refractivity contribution in [2.75, 3.05) is 6.61 Å². The van der Waals surface area contributed by atoms with E-state index in [4.69, 9.17) is 4.74 Å². The molecule has 81 valence electrons. The number of ether oxygens (including phenoxy) is 1. The van der Waals surface area contributed by atoms with Crippen molar-refractivity contribution >= 4 is 5.69 Å². The van der Waals surface area contributed by atoms with Gasteiger partial charge in [0.1, 0.15) is 0 Å². The molecule has 0 fully saturated rings. The normalized spacial score (nSPS) is 10.4. The van der Waals surface area contributed by atoms with Gasteiger partial charge in [-0.3, -0.25) is 10.1 Å². The number of hydrogen-bond acceptors (Lipinski definition) is 3. The van der Waals surface area contributed by atoms with Gasteiger partial charge >= 0.3 is 5.69 Å². The summed E-state index contributed by atoms with van der Waals surface area (Å²) in [6.45, 7) is 7.93. The van der Waals surface area contributed by atoms with Crippen LogP contribution in [0.15, 0.2) is 18.2 Å². The number of nitro benzene ring substituents is 1. The van der Waals surface area contributed by atoms with Crippen LogP contribution >= 0.6 is 0 Å². The molecule has 1 aromatic carbocycles. The summed E-state index contributed by atoms with van der Waals surface area (Å²) in [5, 5.41) is 10.8. The fourth-order valence-electron chi connectivity index (χ4n) is 1.38. The lowest BCUT2D eigenvalue weighted by Gasteiger charge is -2.12. The maximum absolute atomic E-state index is 10.8. The zero-order valence-electron chi connectivity index (χ0n) is 8.90. The first-order valence-corrected chi connectivity index (χ1v) is 4.81. The number of para-hydroxylation sites is 1. The second-order valence-corrected chi connectivity index (χ2v) is 3.29. The predicted molar refractivity (Wildman–Crippen MR) is 58.0 cm³/mol. The van der Waals surface area contributed by atoms with Crippen molar-refractivity contribution in [3.05, 3.63) is 40.8 Å². The van der Waals surface area contributed by atoms with Crippen molar-refractivity contribution in [2.45, 2.75) is 19.8 Å². The Bertz CT molecular complexity index is 361. The zero-order valence-corrected chi connectivity index (χ0v) is 8.90. The standard InChI is InChI=1S/C11H14NO3/c1-4-15-11-9(8(2)3)6-5-7-10(11)12(13)14/h5-8H,2,4H2,1,3H3. The highest BCUT2D eigenvalue weighted by Crippen LogP contribution is 2.34. The SMILES string of the molecule is [CH2]C(C)c1cccc([N+](=O)[O-])c1OCC. The average molecular weight is 208 g/mol. The van der Waals surface area contributed by atoms with Gasteiger partial charge < -0.3 is 4.74 Å². The van der Waals surface area contributed by atoms with Crippen molar-refractivity contribution < 1.29 is 9.66 Å². The van der Waals surface area contributed by atoms with Crippen LogP contribution in [0.3, 0.4) is 0 Å². The predicted octanol–water partition coefficient (Wildman–Crippen LogP) is 2.93. The molecule has 1 unspecified atom stereocenters. The van der Waals surface area contributed by atoms with Crippen molar-refractivity contribution in [2.24, 2.45) is 0 Å². The molecular weight excluding hydrogens is 194 g/mol. The molecule has 4 heteroatoms. The van der Waals surface area contributed by atoms with Crippen LogP contribution in [0.25, 0.3) is 0 Å². The molecule has 1 atom stereocenters. The summed E-state index contributed by atoms with van der Waals surface area (Å²) in [7, 11) is 0. The summed E-state index contributed by atoms with van der Waals surface area (Å²) >= 11 is 0. The van der Waals surface area contributed by atoms with Crippen molar-refractivity contribution in [1.82, 2.24) is 0 Å². The zero-order chi connectivity index (χ0) is 11.4. The molecule has 0 aliphatic rings. The Balaban J connectivity index is 3.28. The van der Waals surface area contributed by atoms with Gasteiger partial charge in [0.25, 0.3) is 0 Å². The van der Waals surface area contributed by atoms with Crippen LogP contribution in [0.5, 0.6) is 5.75 Å². The third kappa shape index (κ3) is 2.46. The first kappa shape index (κ1) is 11.5. The Kier molecular flexibility index (Phi) is 3.66. The molecule has 1 rings (SSSR count). The molecule has 0 saturated heterocycles. The van der Waals surface area contributed by atoms with Crippen LogP contribution in [-0.4, -0.2) is 11.5 Å². The molecule has 0 bridgehead atoms. The minimum Gasteiger partial charge on any atom is -0.487 e. The molecule has 0 N–H and O–H groups in total. The fraction of sp³-hybridized carbons (Fsp3) is 0.364. The van der Waals surface area contributed by atoms with Gasteiger partial charge in [-0.25, -0.2) is 0 Å². The molecule has 0 amide bonds. The maximum atomic E-state index is 10.8. The minimum atomic E-state index is -0.434. The van der Waals surface area contributed by atoms with E-state index >= 15 is 0 Å². The molecule has 0 heterocycles. The maximum Gasteiger partial charge on any atom is 0.311 e. The van der Waals surface area contributed by atoms with Crippen LogP contribution in [0, 0.1) is 17.0 Å². The molecule has 15 heavy (non-hydrogen) atoms. The lowest BCUT2D eigenvalue weighted by molar-refractivity contribution is -0.385. The number of nitrogens with zero attached hydrogens (tertiary/aromatic N) is 1. The van der Waals surface area contributed by atoms with E-state index in [1.54, 1.807) is 19.1 Å². The van der Waals surface area contributed by atoms with E-state index in [2.05, 4.69) is 6.92 Å². The largest absolute Gasteiger partial charge is 0.487 e. The van der Waals surface area contributed by atoms with Gasteiger partial charge in [-0.1, -0.05) is 19.1 Å². The van der Waals surface area contributed by atoms with Crippen molar-refractivity contribution in [3.8, 4) is 5.75 Å². The second kappa shape index (κ2) is 4.77. The highest BCUT2D eigenvalue weighted by Gasteiger charge is 2.19. The molecule has 4 nitrogen and oxygen atoms in total. The number of hydrogen-bond donors (Lipinski definition) is 0. The summed E-state index contributed by atoms with van der Waals surface area (Å²) in [6.07, 6.45) is 0. The molecule has 0 aliphatic carbocycles. The van der Waals surface area contributed by atoms with Crippen LogP contribution in [0.2, 0.25) is 0 Å². The summed E-state index contributed by atoms with van der Waals surface area (Å²) in [6, 6.07) is 4.89. The number of rotatable bonds is 4. The monoisotopic (exact) mass is 208 g/mol. The third-order valence-corrected chi connectivity index (χ3v) is 2.04. The van der Waals surface area contributed by atoms with Gasteiger partial charge in [-0.05, 0) is 19.8 Å². The van der Waals surface area contributed by atoms with Gasteiger partial charge in [0, 0.05) is 11.6 Å². The molecular formula is C11H14NO3. The Morgan fingerprint density at radius 2 is 2.27 bits per heavy atom. The van der Waals surface area contributed by atoms with E-state index in [0.29, 0.717) is 12.4 Å². The Labute approximate surface area is 89.0 Å². The minimum absolute atomic E-state index is 0.00449. The molecule has 1 radical (unpaired) electrons. The summed E-state index contributed by atoms with van der Waals surface area (Å²) in [5.74, 6) is 0.305. The van der Waals surface area contributed by atoms with Crippen LogP contribution in [0.1, 0.15) is 25.3 Å². The first-order chi connectivity index (χ1) is 7.07. The van der Waals surface area contributed by atoms with Crippen molar-refractivity contribution in [3.63, 3.8) is 0 Å². The van der Waals surface area contributed by atoms with E-state index in [1.165, 1.54) is 6.07 Å². The lowest BCUT2D eigenvalue weighted by atomic mass is 10.0. The Morgan fingerprint density at radius 1 is 1.60 bits per heavy atom. The highest BCUT2D eigenvalue weighted by atomic mass is 16.6. The lowest BCUT2D eigenvalue weighted by Crippen LogP contribution is -2.02. The summed E-state index contributed by atoms with van der Waals surface area (Å²) < 4.78 is 5.31. The molecule has 0 saturated carbocycles. The second-order valence-electron chi connectivity index (χ2n) is 3.29. The average Bonchev–Trinajstić information content (AvgIpc) is 2.17. The van der Waals surface area contributed by atoms with Crippen molar-refractivity contribution in [1.29, 1.82) is 0 Å². The van der Waals surface area contributed by atoms with Crippen LogP contribution in [0.4, 0.5) is 5.69 Å². The van der Waals surface area contributed by atoms with Gasteiger partial charge in [0.05, 0.1) is 11.5 Å². The quantitative estimate of drug-likeness (QED) is 0.564. The van der Waals surface area contributed by atoms with Gasteiger partial charge in [0.15, 0.2) is 0 Å².